The van der Waals surface area contributed by atoms with E-state index >= 15 is 0 Å². The third-order valence-corrected chi connectivity index (χ3v) is 5.57. The van der Waals surface area contributed by atoms with Crippen molar-refractivity contribution in [3.63, 3.8) is 0 Å². The van der Waals surface area contributed by atoms with E-state index in [4.69, 9.17) is 9.97 Å². The molecule has 2 aliphatic rings. The molecule has 0 radical (unpaired) electrons. The third kappa shape index (κ3) is 4.52. The zero-order valence-corrected chi connectivity index (χ0v) is 16.0. The van der Waals surface area contributed by atoms with Crippen molar-refractivity contribution in [2.24, 2.45) is 5.92 Å². The van der Waals surface area contributed by atoms with Gasteiger partial charge in [-0.3, -0.25) is 4.79 Å². The maximum atomic E-state index is 12.3. The Morgan fingerprint density at radius 2 is 1.83 bits per heavy atom. The monoisotopic (exact) mass is 404 g/mol. The summed E-state index contributed by atoms with van der Waals surface area (Å²) in [5, 5.41) is 2.01. The number of halogens is 3. The van der Waals surface area contributed by atoms with Gasteiger partial charge in [-0.1, -0.05) is 30.3 Å². The van der Waals surface area contributed by atoms with Crippen molar-refractivity contribution in [2.75, 3.05) is 24.5 Å². The molecule has 1 aliphatic carbocycles. The Morgan fingerprint density at radius 1 is 1.10 bits per heavy atom. The highest BCUT2D eigenvalue weighted by Gasteiger charge is 2.32. The van der Waals surface area contributed by atoms with Crippen LogP contribution in [0.4, 0.5) is 19.0 Å². The molecule has 8 heteroatoms. The van der Waals surface area contributed by atoms with Gasteiger partial charge < -0.3 is 10.2 Å². The van der Waals surface area contributed by atoms with E-state index in [0.717, 1.165) is 36.3 Å². The fraction of sp³-hybridized carbons (Fsp3) is 0.476. The zero-order chi connectivity index (χ0) is 20.4. The van der Waals surface area contributed by atoms with Crippen molar-refractivity contribution in [1.29, 1.82) is 0 Å². The van der Waals surface area contributed by atoms with Crippen molar-refractivity contribution in [3.05, 3.63) is 41.6 Å². The number of nitrogens with zero attached hydrogens (tertiary/aromatic N) is 3. The van der Waals surface area contributed by atoms with Gasteiger partial charge in [0.15, 0.2) is 5.82 Å². The molecule has 29 heavy (non-hydrogen) atoms. The second-order valence-corrected chi connectivity index (χ2v) is 7.61. The maximum Gasteiger partial charge on any atom is 0.405 e. The number of aryl methyl sites for hydroxylation is 1. The number of rotatable bonds is 4. The highest BCUT2D eigenvalue weighted by molar-refractivity contribution is 5.79. The number of alkyl halides is 3. The summed E-state index contributed by atoms with van der Waals surface area (Å²) in [6.07, 6.45) is -0.434. The molecule has 2 aromatic rings. The van der Waals surface area contributed by atoms with E-state index in [1.54, 1.807) is 0 Å². The molecule has 1 N–H and O–H groups in total. The Balaban J connectivity index is 1.49. The Kier molecular flexibility index (Phi) is 5.43. The molecule has 0 atom stereocenters. The molecule has 0 bridgehead atoms. The molecule has 154 valence electrons. The minimum atomic E-state index is -4.38. The summed E-state index contributed by atoms with van der Waals surface area (Å²) in [5.41, 5.74) is 3.22. The summed E-state index contributed by atoms with van der Waals surface area (Å²) in [6, 6.07) is 9.83. The molecule has 0 saturated carbocycles. The summed E-state index contributed by atoms with van der Waals surface area (Å²) < 4.78 is 37.0. The van der Waals surface area contributed by atoms with E-state index in [9.17, 15) is 18.0 Å². The molecular weight excluding hydrogens is 381 g/mol. The topological polar surface area (TPSA) is 58.1 Å². The number of piperidine rings is 1. The van der Waals surface area contributed by atoms with Crippen LogP contribution in [0.1, 0.15) is 30.5 Å². The van der Waals surface area contributed by atoms with Gasteiger partial charge in [-0.05, 0) is 32.1 Å². The first-order chi connectivity index (χ1) is 13.9. The number of carbonyl (C=O) groups excluding carboxylic acids is 1. The second kappa shape index (κ2) is 8.00. The molecule has 1 saturated heterocycles. The Morgan fingerprint density at radius 3 is 2.52 bits per heavy atom. The lowest BCUT2D eigenvalue weighted by Gasteiger charge is -2.33. The number of aromatic nitrogens is 2. The number of hydrogen-bond donors (Lipinski definition) is 1. The van der Waals surface area contributed by atoms with E-state index in [1.165, 1.54) is 5.56 Å². The van der Waals surface area contributed by atoms with Crippen molar-refractivity contribution in [1.82, 2.24) is 15.3 Å². The molecule has 1 aliphatic heterocycles. The SMILES string of the molecule is O=C(NCC(F)(F)F)C1CCN(c2nc(-c3ccccc3)nc3c2CCC3)CC1. The predicted molar refractivity (Wildman–Crippen MR) is 103 cm³/mol. The van der Waals surface area contributed by atoms with Crippen molar-refractivity contribution in [2.45, 2.75) is 38.3 Å². The molecular formula is C21H23F3N4O. The van der Waals surface area contributed by atoms with Gasteiger partial charge in [0.2, 0.25) is 5.91 Å². The average molecular weight is 404 g/mol. The number of nitrogens with one attached hydrogen (secondary N) is 1. The quantitative estimate of drug-likeness (QED) is 0.847. The molecule has 2 heterocycles. The van der Waals surface area contributed by atoms with E-state index in [0.29, 0.717) is 31.8 Å². The van der Waals surface area contributed by atoms with Gasteiger partial charge in [-0.2, -0.15) is 13.2 Å². The number of fused-ring (bicyclic) bond motifs is 1. The number of hydrogen-bond acceptors (Lipinski definition) is 4. The van der Waals surface area contributed by atoms with Gasteiger partial charge >= 0.3 is 6.18 Å². The van der Waals surface area contributed by atoms with Crippen LogP contribution in [0.25, 0.3) is 11.4 Å². The van der Waals surface area contributed by atoms with Crippen LogP contribution >= 0.6 is 0 Å². The van der Waals surface area contributed by atoms with E-state index in [1.807, 2.05) is 35.6 Å². The minimum Gasteiger partial charge on any atom is -0.356 e. The minimum absolute atomic E-state index is 0.392. The maximum absolute atomic E-state index is 12.3. The molecule has 1 aromatic carbocycles. The van der Waals surface area contributed by atoms with E-state index < -0.39 is 24.5 Å². The first-order valence-corrected chi connectivity index (χ1v) is 9.95. The van der Waals surface area contributed by atoms with Gasteiger partial charge in [-0.25, -0.2) is 9.97 Å². The fourth-order valence-electron chi connectivity index (χ4n) is 4.08. The van der Waals surface area contributed by atoms with Gasteiger partial charge in [0.1, 0.15) is 12.4 Å². The highest BCUT2D eigenvalue weighted by Crippen LogP contribution is 2.33. The van der Waals surface area contributed by atoms with Crippen LogP contribution in [0.5, 0.6) is 0 Å². The first-order valence-electron chi connectivity index (χ1n) is 9.95. The Bertz CT molecular complexity index is 877. The van der Waals surface area contributed by atoms with Gasteiger partial charge in [0, 0.05) is 35.8 Å². The number of amides is 1. The number of carbonyl (C=O) groups is 1. The summed E-state index contributed by atoms with van der Waals surface area (Å²) in [4.78, 5) is 23.8. The molecule has 0 unspecified atom stereocenters. The number of benzene rings is 1. The lowest BCUT2D eigenvalue weighted by molar-refractivity contribution is -0.141. The molecule has 1 amide bonds. The Labute approximate surface area is 167 Å². The smallest absolute Gasteiger partial charge is 0.356 e. The summed E-state index contributed by atoms with van der Waals surface area (Å²) in [6.45, 7) is -0.0739. The molecule has 0 spiro atoms. The molecule has 1 fully saturated rings. The van der Waals surface area contributed by atoms with E-state index in [2.05, 4.69) is 4.90 Å². The zero-order valence-electron chi connectivity index (χ0n) is 16.0. The summed E-state index contributed by atoms with van der Waals surface area (Å²) in [5.74, 6) is 0.712. The molecule has 1 aromatic heterocycles. The van der Waals surface area contributed by atoms with Crippen LogP contribution in [0, 0.1) is 5.92 Å². The lowest BCUT2D eigenvalue weighted by Crippen LogP contribution is -2.43. The highest BCUT2D eigenvalue weighted by atomic mass is 19.4. The molecule has 5 nitrogen and oxygen atoms in total. The van der Waals surface area contributed by atoms with Crippen LogP contribution in [0.2, 0.25) is 0 Å². The summed E-state index contributed by atoms with van der Waals surface area (Å²) >= 11 is 0. The lowest BCUT2D eigenvalue weighted by atomic mass is 9.95. The second-order valence-electron chi connectivity index (χ2n) is 7.61. The first kappa shape index (κ1) is 19.7. The van der Waals surface area contributed by atoms with Crippen LogP contribution < -0.4 is 10.2 Å². The normalized spacial score (nSPS) is 17.3. The average Bonchev–Trinajstić information content (AvgIpc) is 3.20. The summed E-state index contributed by atoms with van der Waals surface area (Å²) in [7, 11) is 0. The van der Waals surface area contributed by atoms with E-state index in [-0.39, 0.29) is 0 Å². The molecule has 4 rings (SSSR count). The van der Waals surface area contributed by atoms with Gasteiger partial charge in [0.05, 0.1) is 0 Å². The third-order valence-electron chi connectivity index (χ3n) is 5.57. The van der Waals surface area contributed by atoms with Crippen LogP contribution in [0.15, 0.2) is 30.3 Å². The predicted octanol–water partition coefficient (Wildman–Crippen LogP) is 3.53. The van der Waals surface area contributed by atoms with Gasteiger partial charge in [0.25, 0.3) is 0 Å². The van der Waals surface area contributed by atoms with Gasteiger partial charge in [-0.15, -0.1) is 0 Å². The standard InChI is InChI=1S/C21H23F3N4O/c22-21(23,24)13-25-20(29)15-9-11-28(12-10-15)19-16-7-4-8-17(16)26-18(27-19)14-5-2-1-3-6-14/h1-3,5-6,15H,4,7-13H2,(H,25,29). The van der Waals surface area contributed by atoms with Crippen LogP contribution in [-0.4, -0.2) is 41.7 Å². The van der Waals surface area contributed by atoms with Crippen LogP contribution in [-0.2, 0) is 17.6 Å². The largest absolute Gasteiger partial charge is 0.405 e. The number of anilines is 1. The van der Waals surface area contributed by atoms with Crippen molar-refractivity contribution < 1.29 is 18.0 Å². The Hall–Kier alpha value is -2.64. The fourth-order valence-corrected chi connectivity index (χ4v) is 4.08. The van der Waals surface area contributed by atoms with Crippen LogP contribution in [0.3, 0.4) is 0 Å². The van der Waals surface area contributed by atoms with Crippen molar-refractivity contribution in [3.8, 4) is 11.4 Å². The van der Waals surface area contributed by atoms with Crippen molar-refractivity contribution >= 4 is 11.7 Å².